The first-order valence-corrected chi connectivity index (χ1v) is 16.4. The van der Waals surface area contributed by atoms with Gasteiger partial charge in [-0.1, -0.05) is 55.7 Å². The predicted octanol–water partition coefficient (Wildman–Crippen LogP) is 5.23. The molecular formula is C36H43N3O6. The summed E-state index contributed by atoms with van der Waals surface area (Å²) < 4.78 is 11.3. The summed E-state index contributed by atoms with van der Waals surface area (Å²) in [6, 6.07) is 15.5. The second-order valence-electron chi connectivity index (χ2n) is 12.9. The highest BCUT2D eigenvalue weighted by atomic mass is 16.5. The lowest BCUT2D eigenvalue weighted by molar-refractivity contribution is -0.134. The molecule has 0 radical (unpaired) electrons. The molecule has 2 N–H and O–H groups in total. The Morgan fingerprint density at radius 3 is 2.60 bits per heavy atom. The SMILES string of the molecule is COc1cccc2[nH]c(C(=O)N3C[C@@H]4CCCC[C@@H]4[C@H]3C(=O)N[C@@H](C[C@@H]3CCCCC3=O)C(=O)COCc3ccccc3)cc12. The van der Waals surface area contributed by atoms with Crippen LogP contribution < -0.4 is 10.1 Å². The van der Waals surface area contributed by atoms with Crippen molar-refractivity contribution >= 4 is 34.3 Å². The number of aromatic amines is 1. The molecule has 9 heteroatoms. The quantitative estimate of drug-likeness (QED) is 0.306. The van der Waals surface area contributed by atoms with Gasteiger partial charge >= 0.3 is 0 Å². The summed E-state index contributed by atoms with van der Waals surface area (Å²) in [5.74, 6) is -0.0271. The normalized spacial score (nSPS) is 23.8. The van der Waals surface area contributed by atoms with Gasteiger partial charge < -0.3 is 24.7 Å². The third-order valence-electron chi connectivity index (χ3n) is 10.0. The van der Waals surface area contributed by atoms with Crippen LogP contribution in [0, 0.1) is 17.8 Å². The number of benzene rings is 2. The Bertz CT molecular complexity index is 1530. The maximum Gasteiger partial charge on any atom is 0.271 e. The van der Waals surface area contributed by atoms with Crippen molar-refractivity contribution < 1.29 is 28.7 Å². The number of carbonyl (C=O) groups excluding carboxylic acids is 4. The lowest BCUT2D eigenvalue weighted by atomic mass is 9.78. The summed E-state index contributed by atoms with van der Waals surface area (Å²) in [5, 5.41) is 3.85. The van der Waals surface area contributed by atoms with Gasteiger partial charge in [0.05, 0.1) is 19.8 Å². The van der Waals surface area contributed by atoms with Crippen LogP contribution in [0.3, 0.4) is 0 Å². The number of Topliss-reactive ketones (excluding diaryl/α,β-unsaturated/α-hetero) is 2. The van der Waals surface area contributed by atoms with Gasteiger partial charge in [-0.2, -0.15) is 0 Å². The van der Waals surface area contributed by atoms with Crippen LogP contribution in [-0.2, 0) is 25.7 Å². The van der Waals surface area contributed by atoms with E-state index in [1.165, 1.54) is 0 Å². The number of methoxy groups -OCH3 is 1. The Labute approximate surface area is 264 Å². The lowest BCUT2D eigenvalue weighted by Crippen LogP contribution is -2.54. The fraction of sp³-hybridized carbons (Fsp3) is 0.500. The molecule has 2 aromatic carbocycles. The van der Waals surface area contributed by atoms with E-state index in [1.807, 2.05) is 48.5 Å². The van der Waals surface area contributed by atoms with Crippen molar-refractivity contribution in [2.45, 2.75) is 76.5 Å². The molecule has 9 nitrogen and oxygen atoms in total. The Kier molecular flexibility index (Phi) is 9.64. The number of rotatable bonds is 11. The van der Waals surface area contributed by atoms with Crippen LogP contribution in [0.2, 0.25) is 0 Å². The molecule has 0 spiro atoms. The number of fused-ring (bicyclic) bond motifs is 2. The highest BCUT2D eigenvalue weighted by Gasteiger charge is 2.49. The summed E-state index contributed by atoms with van der Waals surface area (Å²) in [6.45, 7) is 0.602. The Morgan fingerprint density at radius 1 is 1.00 bits per heavy atom. The first-order chi connectivity index (χ1) is 21.9. The van der Waals surface area contributed by atoms with Crippen LogP contribution >= 0.6 is 0 Å². The smallest absolute Gasteiger partial charge is 0.271 e. The number of nitrogens with zero attached hydrogens (tertiary/aromatic N) is 1. The molecule has 1 aromatic heterocycles. The summed E-state index contributed by atoms with van der Waals surface area (Å²) in [4.78, 5) is 59.6. The van der Waals surface area contributed by atoms with E-state index in [9.17, 15) is 19.2 Å². The van der Waals surface area contributed by atoms with E-state index in [4.69, 9.17) is 9.47 Å². The van der Waals surface area contributed by atoms with Gasteiger partial charge in [0.2, 0.25) is 5.91 Å². The van der Waals surface area contributed by atoms with Crippen molar-refractivity contribution in [3.63, 3.8) is 0 Å². The molecule has 238 valence electrons. The maximum absolute atomic E-state index is 14.2. The van der Waals surface area contributed by atoms with Crippen molar-refractivity contribution in [3.05, 3.63) is 65.9 Å². The van der Waals surface area contributed by atoms with Crippen molar-refractivity contribution in [1.82, 2.24) is 15.2 Å². The zero-order valence-electron chi connectivity index (χ0n) is 26.0. The number of aromatic nitrogens is 1. The zero-order valence-corrected chi connectivity index (χ0v) is 26.0. The Balaban J connectivity index is 1.22. The molecule has 0 bridgehead atoms. The van der Waals surface area contributed by atoms with E-state index in [0.717, 1.165) is 55.0 Å². The average molecular weight is 614 g/mol. The number of ether oxygens (including phenoxy) is 2. The number of H-pyrrole nitrogens is 1. The van der Waals surface area contributed by atoms with Crippen molar-refractivity contribution in [2.75, 3.05) is 20.3 Å². The van der Waals surface area contributed by atoms with Crippen LogP contribution in [0.15, 0.2) is 54.6 Å². The fourth-order valence-electron chi connectivity index (χ4n) is 7.66. The molecule has 45 heavy (non-hydrogen) atoms. The standard InChI is InChI=1S/C36H43N3O6/c1-44-33-17-9-15-28-27(33)19-30(37-28)36(43)39-20-25-13-5-7-14-26(25)34(39)35(42)38-29(18-24-12-6-8-16-31(24)40)32(41)22-45-21-23-10-3-2-4-11-23/h2-4,9-11,15,17,19,24-26,29,34,37H,5-8,12-14,16,18,20-22H2,1H3,(H,38,42)/t24-,25-,26-,29-,34-/m0/s1. The minimum atomic E-state index is -0.864. The van der Waals surface area contributed by atoms with E-state index in [0.29, 0.717) is 30.8 Å². The van der Waals surface area contributed by atoms with Crippen molar-refractivity contribution in [2.24, 2.45) is 17.8 Å². The lowest BCUT2D eigenvalue weighted by Gasteiger charge is -2.32. The average Bonchev–Trinajstić information content (AvgIpc) is 3.68. The third kappa shape index (κ3) is 6.83. The van der Waals surface area contributed by atoms with Gasteiger partial charge in [0, 0.05) is 29.8 Å². The van der Waals surface area contributed by atoms with Crippen LogP contribution in [-0.4, -0.2) is 65.6 Å². The summed E-state index contributed by atoms with van der Waals surface area (Å²) in [6.07, 6.45) is 7.17. The van der Waals surface area contributed by atoms with Crippen LogP contribution in [0.5, 0.6) is 5.75 Å². The van der Waals surface area contributed by atoms with Gasteiger partial charge in [-0.05, 0) is 67.7 Å². The van der Waals surface area contributed by atoms with E-state index in [1.54, 1.807) is 18.1 Å². The van der Waals surface area contributed by atoms with E-state index in [2.05, 4.69) is 10.3 Å². The number of likely N-dealkylation sites (tertiary alicyclic amines) is 1. The molecular weight excluding hydrogens is 570 g/mol. The van der Waals surface area contributed by atoms with Gasteiger partial charge in [-0.25, -0.2) is 0 Å². The number of nitrogens with one attached hydrogen (secondary N) is 2. The van der Waals surface area contributed by atoms with E-state index in [-0.39, 0.29) is 60.8 Å². The number of carbonyl (C=O) groups is 4. The minimum absolute atomic E-state index is 0.0167. The molecule has 6 rings (SSSR count). The van der Waals surface area contributed by atoms with Crippen LogP contribution in [0.4, 0.5) is 0 Å². The second kappa shape index (κ2) is 14.0. The maximum atomic E-state index is 14.2. The molecule has 0 unspecified atom stereocenters. The van der Waals surface area contributed by atoms with Gasteiger partial charge in [-0.15, -0.1) is 0 Å². The summed E-state index contributed by atoms with van der Waals surface area (Å²) >= 11 is 0. The van der Waals surface area contributed by atoms with Gasteiger partial charge in [0.25, 0.3) is 5.91 Å². The molecule has 3 fully saturated rings. The first kappa shape index (κ1) is 31.0. The largest absolute Gasteiger partial charge is 0.496 e. The molecule has 3 aliphatic rings. The van der Waals surface area contributed by atoms with Crippen molar-refractivity contribution in [1.29, 1.82) is 0 Å². The Morgan fingerprint density at radius 2 is 1.80 bits per heavy atom. The topological polar surface area (TPSA) is 118 Å². The van der Waals surface area contributed by atoms with E-state index >= 15 is 0 Å². The molecule has 2 amide bonds. The number of amides is 2. The summed E-state index contributed by atoms with van der Waals surface area (Å²) in [5.41, 5.74) is 2.14. The number of ketones is 2. The van der Waals surface area contributed by atoms with E-state index < -0.39 is 12.1 Å². The molecule has 5 atom stereocenters. The highest BCUT2D eigenvalue weighted by molar-refractivity contribution is 6.02. The molecule has 1 aliphatic heterocycles. The predicted molar refractivity (Wildman–Crippen MR) is 170 cm³/mol. The molecule has 3 aromatic rings. The van der Waals surface area contributed by atoms with Crippen LogP contribution in [0.1, 0.15) is 73.8 Å². The molecule has 1 saturated heterocycles. The van der Waals surface area contributed by atoms with Gasteiger partial charge in [-0.3, -0.25) is 19.2 Å². The zero-order chi connectivity index (χ0) is 31.3. The third-order valence-corrected chi connectivity index (χ3v) is 10.0. The second-order valence-corrected chi connectivity index (χ2v) is 12.9. The first-order valence-electron chi connectivity index (χ1n) is 16.4. The summed E-state index contributed by atoms with van der Waals surface area (Å²) in [7, 11) is 1.60. The van der Waals surface area contributed by atoms with Crippen LogP contribution in [0.25, 0.3) is 10.9 Å². The monoisotopic (exact) mass is 613 g/mol. The van der Waals surface area contributed by atoms with Gasteiger partial charge in [0.15, 0.2) is 5.78 Å². The van der Waals surface area contributed by atoms with Crippen molar-refractivity contribution in [3.8, 4) is 5.75 Å². The molecule has 2 aliphatic carbocycles. The Hall–Kier alpha value is -3.98. The molecule has 2 saturated carbocycles. The number of hydrogen-bond donors (Lipinski definition) is 2. The molecule has 2 heterocycles. The fourth-order valence-corrected chi connectivity index (χ4v) is 7.66. The number of hydrogen-bond acceptors (Lipinski definition) is 6. The highest BCUT2D eigenvalue weighted by Crippen LogP contribution is 2.41. The minimum Gasteiger partial charge on any atom is -0.496 e. The van der Waals surface area contributed by atoms with Gasteiger partial charge in [0.1, 0.15) is 29.9 Å².